The van der Waals surface area contributed by atoms with E-state index in [1.54, 1.807) is 12.4 Å². The highest BCUT2D eigenvalue weighted by Gasteiger charge is 2.38. The molecule has 1 aliphatic heterocycles. The summed E-state index contributed by atoms with van der Waals surface area (Å²) < 4.78 is 90.8. The zero-order chi connectivity index (χ0) is 25.1. The Kier molecular flexibility index (Phi) is 7.51. The zero-order valence-corrected chi connectivity index (χ0v) is 18.6. The maximum Gasteiger partial charge on any atom is 0.416 e. The number of nitrogens with zero attached hydrogens (tertiary/aromatic N) is 1. The molecule has 1 aliphatic rings. The van der Waals surface area contributed by atoms with Crippen LogP contribution in [0.2, 0.25) is 0 Å². The van der Waals surface area contributed by atoms with Crippen molar-refractivity contribution < 1.29 is 35.8 Å². The van der Waals surface area contributed by atoms with Crippen molar-refractivity contribution in [3.63, 3.8) is 0 Å². The summed E-state index contributed by atoms with van der Waals surface area (Å²) >= 11 is 0. The van der Waals surface area contributed by atoms with Gasteiger partial charge in [-0.3, -0.25) is 0 Å². The number of rotatable bonds is 7. The van der Waals surface area contributed by atoms with Gasteiger partial charge in [0.1, 0.15) is 5.82 Å². The highest BCUT2D eigenvalue weighted by atomic mass is 19.4. The second kappa shape index (κ2) is 10.4. The first kappa shape index (κ1) is 25.2. The van der Waals surface area contributed by atoms with Gasteiger partial charge < -0.3 is 14.5 Å². The first-order valence-electron chi connectivity index (χ1n) is 11.2. The highest BCUT2D eigenvalue weighted by molar-refractivity contribution is 5.33. The van der Waals surface area contributed by atoms with Crippen LogP contribution in [-0.2, 0) is 34.7 Å². The Morgan fingerprint density at radius 2 is 1.66 bits per heavy atom. The predicted octanol–water partition coefficient (Wildman–Crippen LogP) is 6.40. The van der Waals surface area contributed by atoms with Gasteiger partial charge in [-0.25, -0.2) is 4.98 Å². The van der Waals surface area contributed by atoms with E-state index >= 15 is 0 Å². The van der Waals surface area contributed by atoms with Gasteiger partial charge in [0.2, 0.25) is 0 Å². The zero-order valence-electron chi connectivity index (χ0n) is 18.6. The summed E-state index contributed by atoms with van der Waals surface area (Å²) in [7, 11) is 0. The van der Waals surface area contributed by atoms with Gasteiger partial charge in [0, 0.05) is 24.7 Å². The summed E-state index contributed by atoms with van der Waals surface area (Å²) in [6.07, 6.45) is -5.78. The van der Waals surface area contributed by atoms with Gasteiger partial charge in [-0.2, -0.15) is 26.3 Å². The van der Waals surface area contributed by atoms with Crippen LogP contribution in [0.1, 0.15) is 40.4 Å². The number of halogens is 6. The Morgan fingerprint density at radius 3 is 2.26 bits per heavy atom. The molecule has 10 heteroatoms. The lowest BCUT2D eigenvalue weighted by Crippen LogP contribution is -2.38. The number of hydrogen-bond acceptors (Lipinski definition) is 3. The summed E-state index contributed by atoms with van der Waals surface area (Å²) in [6, 6.07) is 11.2. The monoisotopic (exact) mass is 498 g/mol. The van der Waals surface area contributed by atoms with Gasteiger partial charge in [0.15, 0.2) is 6.29 Å². The number of hydrogen-bond donors (Lipinski definition) is 1. The van der Waals surface area contributed by atoms with Crippen molar-refractivity contribution in [2.75, 3.05) is 13.2 Å². The Hall–Kier alpha value is -2.85. The molecule has 4 rings (SSSR count). The fourth-order valence-corrected chi connectivity index (χ4v) is 4.44. The van der Waals surface area contributed by atoms with Gasteiger partial charge in [0.05, 0.1) is 24.3 Å². The quantitative estimate of drug-likeness (QED) is 0.384. The number of alkyl halides is 6. The van der Waals surface area contributed by atoms with Crippen LogP contribution < -0.4 is 0 Å². The largest absolute Gasteiger partial charge is 0.416 e. The molecule has 188 valence electrons. The number of benzene rings is 2. The lowest BCUT2D eigenvalue weighted by Gasteiger charge is -2.38. The molecular weight excluding hydrogens is 474 g/mol. The van der Waals surface area contributed by atoms with Crippen LogP contribution >= 0.6 is 0 Å². The normalized spacial score (nSPS) is 21.3. The number of aromatic amines is 1. The van der Waals surface area contributed by atoms with Gasteiger partial charge in [-0.1, -0.05) is 30.3 Å². The minimum absolute atomic E-state index is 0.0971. The Bertz CT molecular complexity index is 1050. The minimum atomic E-state index is -4.89. The van der Waals surface area contributed by atoms with Crippen LogP contribution in [0.5, 0.6) is 0 Å². The molecule has 0 spiro atoms. The molecule has 0 bridgehead atoms. The molecule has 2 aromatic carbocycles. The second-order valence-electron chi connectivity index (χ2n) is 8.50. The summed E-state index contributed by atoms with van der Waals surface area (Å²) in [5.74, 6) is 0.759. The fourth-order valence-electron chi connectivity index (χ4n) is 4.44. The van der Waals surface area contributed by atoms with Crippen LogP contribution in [0.25, 0.3) is 0 Å². The lowest BCUT2D eigenvalue weighted by atomic mass is 9.79. The number of aromatic nitrogens is 2. The van der Waals surface area contributed by atoms with E-state index in [2.05, 4.69) is 9.97 Å². The van der Waals surface area contributed by atoms with Gasteiger partial charge in [0.25, 0.3) is 0 Å². The van der Waals surface area contributed by atoms with E-state index in [0.717, 1.165) is 29.9 Å². The molecule has 2 heterocycles. The lowest BCUT2D eigenvalue weighted by molar-refractivity contribution is -0.187. The molecule has 1 aromatic heterocycles. The molecule has 0 radical (unpaired) electrons. The second-order valence-corrected chi connectivity index (χ2v) is 8.50. The van der Waals surface area contributed by atoms with Crippen molar-refractivity contribution in [2.24, 2.45) is 5.92 Å². The van der Waals surface area contributed by atoms with Crippen LogP contribution in [0.15, 0.2) is 60.9 Å². The van der Waals surface area contributed by atoms with Gasteiger partial charge in [-0.15, -0.1) is 0 Å². The SMILES string of the molecule is FC(F)(F)c1cc(CCOC2OCC[C@@H](Cc3ncc[nH]3)[C@@H]2c2ccccc2)cc(C(F)(F)F)c1. The van der Waals surface area contributed by atoms with Crippen molar-refractivity contribution in [3.05, 3.63) is 89.0 Å². The molecule has 3 aromatic rings. The number of H-pyrrole nitrogens is 1. The summed E-state index contributed by atoms with van der Waals surface area (Å²) in [6.45, 7) is 0.321. The third-order valence-electron chi connectivity index (χ3n) is 6.09. The van der Waals surface area contributed by atoms with Crippen LogP contribution in [0.3, 0.4) is 0 Å². The van der Waals surface area contributed by atoms with Gasteiger partial charge >= 0.3 is 12.4 Å². The standard InChI is InChI=1S/C25H24F6N2O2/c26-24(27,28)19-12-16(13-20(15-19)25(29,30)31)6-10-34-23-22(17-4-2-1-3-5-17)18(7-11-35-23)14-21-32-8-9-33-21/h1-5,8-9,12-13,15,18,22-23H,6-7,10-11,14H2,(H,32,33)/t18-,22-,23?/m0/s1. The van der Waals surface area contributed by atoms with E-state index in [0.29, 0.717) is 13.0 Å². The van der Waals surface area contributed by atoms with E-state index in [4.69, 9.17) is 9.47 Å². The van der Waals surface area contributed by atoms with Crippen molar-refractivity contribution in [1.82, 2.24) is 9.97 Å². The van der Waals surface area contributed by atoms with E-state index < -0.39 is 29.8 Å². The molecule has 3 atom stereocenters. The van der Waals surface area contributed by atoms with Crippen LogP contribution in [0.4, 0.5) is 26.3 Å². The van der Waals surface area contributed by atoms with Crippen molar-refractivity contribution >= 4 is 0 Å². The van der Waals surface area contributed by atoms with Crippen molar-refractivity contribution in [3.8, 4) is 0 Å². The average Bonchev–Trinajstić information content (AvgIpc) is 3.32. The van der Waals surface area contributed by atoms with E-state index in [-0.39, 0.29) is 36.5 Å². The minimum Gasteiger partial charge on any atom is -0.352 e. The Balaban J connectivity index is 1.51. The van der Waals surface area contributed by atoms with E-state index in [1.807, 2.05) is 30.3 Å². The maximum absolute atomic E-state index is 13.2. The van der Waals surface area contributed by atoms with Crippen molar-refractivity contribution in [1.29, 1.82) is 0 Å². The molecule has 0 saturated carbocycles. The molecule has 0 aliphatic carbocycles. The third kappa shape index (κ3) is 6.43. The Labute approximate surface area is 198 Å². The van der Waals surface area contributed by atoms with E-state index in [9.17, 15) is 26.3 Å². The molecule has 1 unspecified atom stereocenters. The Morgan fingerprint density at radius 1 is 0.971 bits per heavy atom. The number of ether oxygens (including phenoxy) is 2. The molecule has 1 fully saturated rings. The van der Waals surface area contributed by atoms with Crippen LogP contribution in [0, 0.1) is 5.92 Å². The summed E-state index contributed by atoms with van der Waals surface area (Å²) in [5, 5.41) is 0. The molecular formula is C25H24F6N2O2. The number of imidazole rings is 1. The smallest absolute Gasteiger partial charge is 0.352 e. The molecule has 1 N–H and O–H groups in total. The van der Waals surface area contributed by atoms with Crippen molar-refractivity contribution in [2.45, 2.75) is 43.8 Å². The fraction of sp³-hybridized carbons (Fsp3) is 0.400. The first-order chi connectivity index (χ1) is 16.6. The van der Waals surface area contributed by atoms with Crippen LogP contribution in [-0.4, -0.2) is 29.5 Å². The molecule has 4 nitrogen and oxygen atoms in total. The average molecular weight is 498 g/mol. The van der Waals surface area contributed by atoms with Gasteiger partial charge in [-0.05, 0) is 48.1 Å². The topological polar surface area (TPSA) is 47.1 Å². The predicted molar refractivity (Wildman–Crippen MR) is 115 cm³/mol. The number of nitrogens with one attached hydrogen (secondary N) is 1. The third-order valence-corrected chi connectivity index (χ3v) is 6.09. The molecule has 0 amide bonds. The summed E-state index contributed by atoms with van der Waals surface area (Å²) in [5.41, 5.74) is -1.80. The summed E-state index contributed by atoms with van der Waals surface area (Å²) in [4.78, 5) is 7.39. The highest BCUT2D eigenvalue weighted by Crippen LogP contribution is 2.39. The van der Waals surface area contributed by atoms with E-state index in [1.165, 1.54) is 0 Å². The first-order valence-corrected chi connectivity index (χ1v) is 11.2. The maximum atomic E-state index is 13.2. The molecule has 1 saturated heterocycles. The molecule has 35 heavy (non-hydrogen) atoms.